The fraction of sp³-hybridized carbons (Fsp3) is 0.846. The molecule has 1 amide bonds. The summed E-state index contributed by atoms with van der Waals surface area (Å²) in [7, 11) is 1.33. The van der Waals surface area contributed by atoms with Gasteiger partial charge in [-0.15, -0.1) is 0 Å². The lowest BCUT2D eigenvalue weighted by molar-refractivity contribution is -0.147. The van der Waals surface area contributed by atoms with E-state index in [-0.39, 0.29) is 29.8 Å². The summed E-state index contributed by atoms with van der Waals surface area (Å²) in [5.41, 5.74) is 0.0976. The van der Waals surface area contributed by atoms with Gasteiger partial charge in [0, 0.05) is 13.0 Å². The molecule has 0 saturated carbocycles. The molecule has 1 unspecified atom stereocenters. The van der Waals surface area contributed by atoms with E-state index in [1.165, 1.54) is 12.0 Å². The lowest BCUT2D eigenvalue weighted by Crippen LogP contribution is -2.38. The van der Waals surface area contributed by atoms with Crippen molar-refractivity contribution in [3.63, 3.8) is 0 Å². The molecule has 0 N–H and O–H groups in total. The second kappa shape index (κ2) is 6.62. The van der Waals surface area contributed by atoms with E-state index in [1.54, 1.807) is 0 Å². The Kier molecular flexibility index (Phi) is 6.21. The molecule has 0 aliphatic heterocycles. The van der Waals surface area contributed by atoms with E-state index in [0.29, 0.717) is 13.0 Å². The third kappa shape index (κ3) is 5.71. The maximum atomic E-state index is 12.0. The third-order valence-electron chi connectivity index (χ3n) is 3.24. The molecule has 1 atom stereocenters. The summed E-state index contributed by atoms with van der Waals surface area (Å²) < 4.78 is 4.57. The summed E-state index contributed by atoms with van der Waals surface area (Å²) in [4.78, 5) is 24.7. The smallest absolute Gasteiger partial charge is 0.325 e. The van der Waals surface area contributed by atoms with Crippen LogP contribution < -0.4 is 0 Å². The van der Waals surface area contributed by atoms with Gasteiger partial charge < -0.3 is 9.64 Å². The van der Waals surface area contributed by atoms with Crippen molar-refractivity contribution >= 4 is 11.9 Å². The fourth-order valence-corrected chi connectivity index (χ4v) is 1.29. The minimum absolute atomic E-state index is 0.0142. The second-order valence-electron chi connectivity index (χ2n) is 5.46. The van der Waals surface area contributed by atoms with Gasteiger partial charge in [-0.2, -0.15) is 0 Å². The molecule has 0 aliphatic rings. The molecule has 0 heterocycles. The molecule has 0 aromatic rings. The molecule has 4 nitrogen and oxygen atoms in total. The van der Waals surface area contributed by atoms with E-state index in [2.05, 4.69) is 32.4 Å². The molecule has 0 aromatic carbocycles. The molecule has 0 saturated heterocycles. The number of hydrogen-bond acceptors (Lipinski definition) is 3. The van der Waals surface area contributed by atoms with E-state index >= 15 is 0 Å². The Hall–Kier alpha value is -1.06. The minimum Gasteiger partial charge on any atom is -0.468 e. The van der Waals surface area contributed by atoms with Crippen LogP contribution in [0.2, 0.25) is 0 Å². The zero-order chi connectivity index (χ0) is 13.6. The quantitative estimate of drug-likeness (QED) is 0.694. The topological polar surface area (TPSA) is 46.6 Å². The summed E-state index contributed by atoms with van der Waals surface area (Å²) in [6.07, 6.45) is 0.467. The van der Waals surface area contributed by atoms with Gasteiger partial charge in [0.1, 0.15) is 6.54 Å². The van der Waals surface area contributed by atoms with Crippen molar-refractivity contribution in [1.29, 1.82) is 0 Å². The Morgan fingerprint density at radius 2 is 1.82 bits per heavy atom. The highest BCUT2D eigenvalue weighted by molar-refractivity contribution is 5.82. The maximum Gasteiger partial charge on any atom is 0.325 e. The van der Waals surface area contributed by atoms with Crippen molar-refractivity contribution in [2.75, 3.05) is 20.2 Å². The number of methoxy groups -OCH3 is 1. The van der Waals surface area contributed by atoms with Gasteiger partial charge in [-0.25, -0.2) is 0 Å². The number of esters is 1. The Bertz CT molecular complexity index is 268. The highest BCUT2D eigenvalue weighted by Gasteiger charge is 2.25. The number of rotatable bonds is 5. The molecule has 0 spiro atoms. The summed E-state index contributed by atoms with van der Waals surface area (Å²) in [6, 6.07) is 0. The fourth-order valence-electron chi connectivity index (χ4n) is 1.29. The second-order valence-corrected chi connectivity index (χ2v) is 5.46. The third-order valence-corrected chi connectivity index (χ3v) is 3.24. The van der Waals surface area contributed by atoms with Gasteiger partial charge in [0.25, 0.3) is 0 Å². The molecular formula is C13H25NO3. The zero-order valence-corrected chi connectivity index (χ0v) is 11.9. The first-order valence-electron chi connectivity index (χ1n) is 6.07. The predicted octanol–water partition coefficient (Wildman–Crippen LogP) is 2.08. The first-order valence-corrected chi connectivity index (χ1v) is 6.07. The Labute approximate surface area is 104 Å². The number of likely N-dealkylation sites (N-methyl/N-ethyl adjacent to an activating group) is 1. The Morgan fingerprint density at radius 3 is 2.18 bits per heavy atom. The lowest BCUT2D eigenvalue weighted by atomic mass is 9.80. The summed E-state index contributed by atoms with van der Waals surface area (Å²) in [5, 5.41) is 0. The zero-order valence-electron chi connectivity index (χ0n) is 11.9. The minimum atomic E-state index is -0.372. The van der Waals surface area contributed by atoms with Crippen LogP contribution in [0.4, 0.5) is 0 Å². The molecule has 0 bridgehead atoms. The maximum absolute atomic E-state index is 12.0. The van der Waals surface area contributed by atoms with Gasteiger partial charge in [-0.3, -0.25) is 9.59 Å². The standard InChI is InChI=1S/C13H25NO3/c1-7-14(9-12(16)17-6)11(15)8-10(2)13(3,4)5/h10H,7-9H2,1-6H3. The van der Waals surface area contributed by atoms with Crippen LogP contribution in [0.5, 0.6) is 0 Å². The molecule has 4 heteroatoms. The molecule has 0 aliphatic carbocycles. The van der Waals surface area contributed by atoms with Gasteiger partial charge >= 0.3 is 5.97 Å². The van der Waals surface area contributed by atoms with Crippen molar-refractivity contribution in [1.82, 2.24) is 4.90 Å². The van der Waals surface area contributed by atoms with E-state index in [0.717, 1.165) is 0 Å². The molecule has 0 radical (unpaired) electrons. The molecule has 17 heavy (non-hydrogen) atoms. The Morgan fingerprint density at radius 1 is 1.29 bits per heavy atom. The first kappa shape index (κ1) is 15.9. The van der Waals surface area contributed by atoms with Crippen LogP contribution in [-0.4, -0.2) is 37.0 Å². The van der Waals surface area contributed by atoms with Gasteiger partial charge in [0.15, 0.2) is 0 Å². The molecule has 100 valence electrons. The van der Waals surface area contributed by atoms with Gasteiger partial charge in [-0.05, 0) is 18.3 Å². The van der Waals surface area contributed by atoms with Crippen molar-refractivity contribution in [3.8, 4) is 0 Å². The van der Waals surface area contributed by atoms with Gasteiger partial charge in [-0.1, -0.05) is 27.7 Å². The first-order chi connectivity index (χ1) is 7.72. The van der Waals surface area contributed by atoms with Crippen LogP contribution in [0.3, 0.4) is 0 Å². The monoisotopic (exact) mass is 243 g/mol. The number of carbonyl (C=O) groups excluding carboxylic acids is 2. The van der Waals surface area contributed by atoms with Crippen LogP contribution in [0.15, 0.2) is 0 Å². The molecule has 0 rings (SSSR count). The van der Waals surface area contributed by atoms with Gasteiger partial charge in [0.05, 0.1) is 7.11 Å². The van der Waals surface area contributed by atoms with Crippen molar-refractivity contribution < 1.29 is 14.3 Å². The number of hydrogen-bond donors (Lipinski definition) is 0. The molecular weight excluding hydrogens is 218 g/mol. The predicted molar refractivity (Wildman–Crippen MR) is 67.5 cm³/mol. The highest BCUT2D eigenvalue weighted by Crippen LogP contribution is 2.28. The largest absolute Gasteiger partial charge is 0.468 e. The van der Waals surface area contributed by atoms with E-state index in [4.69, 9.17) is 0 Å². The molecule has 0 aromatic heterocycles. The summed E-state index contributed by atoms with van der Waals surface area (Å²) >= 11 is 0. The summed E-state index contributed by atoms with van der Waals surface area (Å²) in [5.74, 6) is -0.0781. The van der Waals surface area contributed by atoms with Crippen LogP contribution in [0, 0.1) is 11.3 Å². The van der Waals surface area contributed by atoms with Crippen LogP contribution in [0.1, 0.15) is 41.0 Å². The van der Waals surface area contributed by atoms with Gasteiger partial charge in [0.2, 0.25) is 5.91 Å². The van der Waals surface area contributed by atoms with E-state index in [1.807, 2.05) is 6.92 Å². The lowest BCUT2D eigenvalue weighted by Gasteiger charge is -2.29. The number of ether oxygens (including phenoxy) is 1. The highest BCUT2D eigenvalue weighted by atomic mass is 16.5. The summed E-state index contributed by atoms with van der Waals surface area (Å²) in [6.45, 7) is 10.8. The SMILES string of the molecule is CCN(CC(=O)OC)C(=O)CC(C)C(C)(C)C. The van der Waals surface area contributed by atoms with Crippen molar-refractivity contribution in [3.05, 3.63) is 0 Å². The van der Waals surface area contributed by atoms with E-state index in [9.17, 15) is 9.59 Å². The Balaban J connectivity index is 4.41. The van der Waals surface area contributed by atoms with Crippen molar-refractivity contribution in [2.24, 2.45) is 11.3 Å². The van der Waals surface area contributed by atoms with Crippen molar-refractivity contribution in [2.45, 2.75) is 41.0 Å². The van der Waals surface area contributed by atoms with Crippen LogP contribution in [0.25, 0.3) is 0 Å². The number of amides is 1. The van der Waals surface area contributed by atoms with Crippen LogP contribution in [-0.2, 0) is 14.3 Å². The number of carbonyl (C=O) groups is 2. The molecule has 0 fully saturated rings. The van der Waals surface area contributed by atoms with Crippen LogP contribution >= 0.6 is 0 Å². The average molecular weight is 243 g/mol. The number of nitrogens with zero attached hydrogens (tertiary/aromatic N) is 1. The average Bonchev–Trinajstić information content (AvgIpc) is 2.23. The van der Waals surface area contributed by atoms with E-state index < -0.39 is 0 Å². The normalized spacial score (nSPS) is 13.1.